The Morgan fingerprint density at radius 2 is 2.18 bits per heavy atom. The number of aromatic nitrogens is 1. The average molecular weight is 281 g/mol. The van der Waals surface area contributed by atoms with Crippen LogP contribution in [0.25, 0.3) is 0 Å². The molecule has 88 valence electrons. The largest absolute Gasteiger partial charge is 0.384 e. The summed E-state index contributed by atoms with van der Waals surface area (Å²) >= 11 is 4.74. The molecule has 0 aliphatic carbocycles. The monoisotopic (exact) mass is 281 g/mol. The smallest absolute Gasteiger partial charge is 0.154 e. The number of rotatable bonds is 4. The van der Waals surface area contributed by atoms with Gasteiger partial charge in [-0.05, 0) is 18.4 Å². The molecule has 0 aliphatic heterocycles. The number of nitrogens with zero attached hydrogens (tertiary/aromatic N) is 1. The number of hydrogen-bond donors (Lipinski definition) is 2. The molecular formula is C11H11N3S3. The van der Waals surface area contributed by atoms with E-state index in [4.69, 9.17) is 11.1 Å². The Morgan fingerprint density at radius 3 is 2.76 bits per heavy atom. The molecule has 1 heterocycles. The molecule has 3 nitrogen and oxygen atoms in total. The number of nitrogens with one attached hydrogen (secondary N) is 1. The molecule has 0 radical (unpaired) electrons. The van der Waals surface area contributed by atoms with Gasteiger partial charge in [0.05, 0.1) is 0 Å². The van der Waals surface area contributed by atoms with Crippen molar-refractivity contribution in [3.05, 3.63) is 35.3 Å². The fourth-order valence-corrected chi connectivity index (χ4v) is 3.85. The minimum atomic E-state index is 0.106. The van der Waals surface area contributed by atoms with Crippen LogP contribution in [0.2, 0.25) is 0 Å². The summed E-state index contributed by atoms with van der Waals surface area (Å²) < 4.78 is 0.964. The van der Waals surface area contributed by atoms with Gasteiger partial charge in [0.15, 0.2) is 4.34 Å². The summed E-state index contributed by atoms with van der Waals surface area (Å²) in [5.41, 5.74) is 6.47. The number of thiazole rings is 1. The van der Waals surface area contributed by atoms with Gasteiger partial charge in [-0.2, -0.15) is 0 Å². The van der Waals surface area contributed by atoms with Crippen molar-refractivity contribution in [3.8, 4) is 0 Å². The summed E-state index contributed by atoms with van der Waals surface area (Å²) in [6.07, 6.45) is 3.76. The zero-order chi connectivity index (χ0) is 12.3. The Kier molecular flexibility index (Phi) is 4.09. The molecule has 6 heteroatoms. The maximum Gasteiger partial charge on any atom is 0.154 e. The minimum absolute atomic E-state index is 0.106. The zero-order valence-corrected chi connectivity index (χ0v) is 11.6. The lowest BCUT2D eigenvalue weighted by molar-refractivity contribution is 1.22. The lowest BCUT2D eigenvalue weighted by atomic mass is 10.2. The summed E-state index contributed by atoms with van der Waals surface area (Å²) in [5.74, 6) is 0.106. The quantitative estimate of drug-likeness (QED) is 0.513. The summed E-state index contributed by atoms with van der Waals surface area (Å²) in [7, 11) is 0. The lowest BCUT2D eigenvalue weighted by Crippen LogP contribution is -2.13. The lowest BCUT2D eigenvalue weighted by Gasteiger charge is -2.10. The molecule has 0 amide bonds. The second kappa shape index (κ2) is 5.57. The van der Waals surface area contributed by atoms with Crippen LogP contribution in [0, 0.1) is 5.41 Å². The maximum absolute atomic E-state index is 7.68. The number of amidine groups is 1. The fraction of sp³-hybridized carbons (Fsp3) is 0.0909. The molecule has 1 aromatic heterocycles. The van der Waals surface area contributed by atoms with Gasteiger partial charge in [-0.3, -0.25) is 5.41 Å². The van der Waals surface area contributed by atoms with Crippen molar-refractivity contribution in [2.45, 2.75) is 14.1 Å². The summed E-state index contributed by atoms with van der Waals surface area (Å²) in [6, 6.07) is 5.93. The standard InChI is InChI=1S/C11H11N3S3/c1-15-7-3-2-4-8(9(7)10(12)13)17-11-14-5-6-16-11/h2-6H,1H3,(H3,12,13). The fourth-order valence-electron chi connectivity index (χ4n) is 1.39. The van der Waals surface area contributed by atoms with E-state index in [1.54, 1.807) is 41.1 Å². The molecular weight excluding hydrogens is 270 g/mol. The van der Waals surface area contributed by atoms with Crippen LogP contribution in [0.5, 0.6) is 0 Å². The molecule has 0 aliphatic rings. The third-order valence-electron chi connectivity index (χ3n) is 2.08. The molecule has 0 atom stereocenters. The van der Waals surface area contributed by atoms with Gasteiger partial charge in [0.25, 0.3) is 0 Å². The summed E-state index contributed by atoms with van der Waals surface area (Å²) in [5, 5.41) is 9.62. The number of hydrogen-bond acceptors (Lipinski definition) is 5. The van der Waals surface area contributed by atoms with Crippen LogP contribution in [0.1, 0.15) is 5.56 Å². The number of benzene rings is 1. The first-order chi connectivity index (χ1) is 8.22. The topological polar surface area (TPSA) is 62.8 Å². The summed E-state index contributed by atoms with van der Waals surface area (Å²) in [4.78, 5) is 6.24. The van der Waals surface area contributed by atoms with Crippen LogP contribution in [0.15, 0.2) is 43.9 Å². The molecule has 0 fully saturated rings. The van der Waals surface area contributed by atoms with Crippen LogP contribution in [0.3, 0.4) is 0 Å². The van der Waals surface area contributed by atoms with Crippen molar-refractivity contribution >= 4 is 40.7 Å². The minimum Gasteiger partial charge on any atom is -0.384 e. The number of thioether (sulfide) groups is 1. The van der Waals surface area contributed by atoms with Gasteiger partial charge in [0, 0.05) is 26.9 Å². The van der Waals surface area contributed by atoms with Crippen molar-refractivity contribution in [3.63, 3.8) is 0 Å². The SMILES string of the molecule is CSc1cccc(Sc2nccs2)c1C(=N)N. The van der Waals surface area contributed by atoms with E-state index in [9.17, 15) is 0 Å². The Bertz CT molecular complexity index is 523. The van der Waals surface area contributed by atoms with Gasteiger partial charge in [0.1, 0.15) is 5.84 Å². The van der Waals surface area contributed by atoms with Crippen molar-refractivity contribution in [2.24, 2.45) is 5.73 Å². The predicted molar refractivity (Wildman–Crippen MR) is 75.5 cm³/mol. The van der Waals surface area contributed by atoms with E-state index < -0.39 is 0 Å². The number of nitrogens with two attached hydrogens (primary N) is 1. The highest BCUT2D eigenvalue weighted by molar-refractivity contribution is 8.01. The van der Waals surface area contributed by atoms with Crippen molar-refractivity contribution in [2.75, 3.05) is 6.26 Å². The maximum atomic E-state index is 7.68. The van der Waals surface area contributed by atoms with Gasteiger partial charge in [-0.25, -0.2) is 4.98 Å². The first kappa shape index (κ1) is 12.5. The van der Waals surface area contributed by atoms with Crippen LogP contribution in [-0.4, -0.2) is 17.1 Å². The highest BCUT2D eigenvalue weighted by Crippen LogP contribution is 2.35. The normalized spacial score (nSPS) is 10.4. The van der Waals surface area contributed by atoms with Crippen LogP contribution >= 0.6 is 34.9 Å². The van der Waals surface area contributed by atoms with E-state index >= 15 is 0 Å². The average Bonchev–Trinajstić information content (AvgIpc) is 2.81. The molecule has 1 aromatic carbocycles. The van der Waals surface area contributed by atoms with E-state index in [1.807, 2.05) is 29.8 Å². The van der Waals surface area contributed by atoms with Gasteiger partial charge in [-0.1, -0.05) is 17.8 Å². The second-order valence-corrected chi connectivity index (χ2v) is 6.18. The van der Waals surface area contributed by atoms with Gasteiger partial charge >= 0.3 is 0 Å². The van der Waals surface area contributed by atoms with Crippen molar-refractivity contribution in [1.82, 2.24) is 4.98 Å². The van der Waals surface area contributed by atoms with Gasteiger partial charge in [-0.15, -0.1) is 23.1 Å². The van der Waals surface area contributed by atoms with Crippen LogP contribution in [-0.2, 0) is 0 Å². The molecule has 2 rings (SSSR count). The first-order valence-electron chi connectivity index (χ1n) is 4.81. The number of nitrogen functional groups attached to an aromatic ring is 1. The zero-order valence-electron chi connectivity index (χ0n) is 9.14. The highest BCUT2D eigenvalue weighted by atomic mass is 32.2. The van der Waals surface area contributed by atoms with E-state index in [-0.39, 0.29) is 5.84 Å². The van der Waals surface area contributed by atoms with E-state index in [2.05, 4.69) is 4.98 Å². The Labute approximate surface area is 112 Å². The Balaban J connectivity index is 2.42. The third-order valence-corrected chi connectivity index (χ3v) is 4.81. The van der Waals surface area contributed by atoms with Crippen LogP contribution in [0.4, 0.5) is 0 Å². The molecule has 0 unspecified atom stereocenters. The second-order valence-electron chi connectivity index (χ2n) is 3.15. The first-order valence-corrected chi connectivity index (χ1v) is 7.73. The highest BCUT2D eigenvalue weighted by Gasteiger charge is 2.12. The van der Waals surface area contributed by atoms with Crippen molar-refractivity contribution < 1.29 is 0 Å². The van der Waals surface area contributed by atoms with Crippen molar-refractivity contribution in [1.29, 1.82) is 5.41 Å². The van der Waals surface area contributed by atoms with Gasteiger partial charge < -0.3 is 5.73 Å². The molecule has 3 N–H and O–H groups in total. The van der Waals surface area contributed by atoms with E-state index in [0.29, 0.717) is 0 Å². The van der Waals surface area contributed by atoms with Gasteiger partial charge in [0.2, 0.25) is 0 Å². The van der Waals surface area contributed by atoms with Crippen LogP contribution < -0.4 is 5.73 Å². The molecule has 0 saturated heterocycles. The molecule has 2 aromatic rings. The molecule has 0 saturated carbocycles. The van der Waals surface area contributed by atoms with E-state index in [0.717, 1.165) is 19.7 Å². The Hall–Kier alpha value is -0.980. The summed E-state index contributed by atoms with van der Waals surface area (Å²) in [6.45, 7) is 0. The third kappa shape index (κ3) is 2.83. The predicted octanol–water partition coefficient (Wildman–Crippen LogP) is 3.30. The van der Waals surface area contributed by atoms with E-state index in [1.165, 1.54) is 0 Å². The molecule has 17 heavy (non-hydrogen) atoms. The molecule has 0 bridgehead atoms. The Morgan fingerprint density at radius 1 is 1.41 bits per heavy atom. The molecule has 0 spiro atoms.